The molecule has 2 aromatic carbocycles. The molecule has 0 saturated carbocycles. The number of hydrogen-bond acceptors (Lipinski definition) is 2. The van der Waals surface area contributed by atoms with Crippen LogP contribution in [0.2, 0.25) is 0 Å². The van der Waals surface area contributed by atoms with E-state index in [0.717, 1.165) is 18.5 Å². The van der Waals surface area contributed by atoms with Gasteiger partial charge in [-0.1, -0.05) is 24.3 Å². The number of fused-ring (bicyclic) bond motifs is 1. The maximum Gasteiger partial charge on any atom is 0.171 e. The van der Waals surface area contributed by atoms with Gasteiger partial charge in [0.15, 0.2) is 5.11 Å². The van der Waals surface area contributed by atoms with Gasteiger partial charge in [0.25, 0.3) is 0 Å². The number of rotatable bonds is 2. The van der Waals surface area contributed by atoms with Crippen molar-refractivity contribution in [2.75, 3.05) is 4.90 Å². The predicted molar refractivity (Wildman–Crippen MR) is 87.9 cm³/mol. The standard InChI is InChI=1S/C17H15N3S/c18-11-12-5-8-14(9-6-12)20(17(19)21)16-10-7-13-3-1-2-4-15(13)16/h1-6,8-9,16H,7,10H2,(H2,19,21). The molecule has 3 nitrogen and oxygen atoms in total. The SMILES string of the molecule is N#Cc1ccc(N(C(N)=S)C2CCc3ccccc32)cc1. The van der Waals surface area contributed by atoms with Gasteiger partial charge in [0.2, 0.25) is 0 Å². The number of anilines is 1. The number of nitrogens with two attached hydrogens (primary N) is 1. The summed E-state index contributed by atoms with van der Waals surface area (Å²) < 4.78 is 0. The van der Waals surface area contributed by atoms with E-state index in [1.807, 2.05) is 23.1 Å². The summed E-state index contributed by atoms with van der Waals surface area (Å²) in [7, 11) is 0. The molecule has 2 N–H and O–H groups in total. The molecule has 1 unspecified atom stereocenters. The topological polar surface area (TPSA) is 53.0 Å². The quantitative estimate of drug-likeness (QED) is 0.863. The molecule has 0 saturated heterocycles. The number of benzene rings is 2. The highest BCUT2D eigenvalue weighted by molar-refractivity contribution is 7.80. The molecule has 4 heteroatoms. The molecule has 0 spiro atoms. The highest BCUT2D eigenvalue weighted by Crippen LogP contribution is 2.38. The summed E-state index contributed by atoms with van der Waals surface area (Å²) >= 11 is 5.26. The first-order chi connectivity index (χ1) is 10.2. The maximum atomic E-state index is 8.90. The van der Waals surface area contributed by atoms with Crippen LogP contribution in [0.3, 0.4) is 0 Å². The van der Waals surface area contributed by atoms with Crippen molar-refractivity contribution in [2.45, 2.75) is 18.9 Å². The molecule has 21 heavy (non-hydrogen) atoms. The Bertz CT molecular complexity index is 716. The zero-order chi connectivity index (χ0) is 14.8. The van der Waals surface area contributed by atoms with E-state index in [4.69, 9.17) is 23.2 Å². The molecule has 2 aromatic rings. The molecule has 1 aliphatic carbocycles. The van der Waals surface area contributed by atoms with Gasteiger partial charge in [-0.05, 0) is 60.5 Å². The zero-order valence-electron chi connectivity index (χ0n) is 11.5. The van der Waals surface area contributed by atoms with Crippen molar-refractivity contribution >= 4 is 23.0 Å². The van der Waals surface area contributed by atoms with Crippen LogP contribution in [0, 0.1) is 11.3 Å². The summed E-state index contributed by atoms with van der Waals surface area (Å²) in [4.78, 5) is 1.99. The maximum absolute atomic E-state index is 8.90. The van der Waals surface area contributed by atoms with Crippen LogP contribution in [-0.4, -0.2) is 5.11 Å². The van der Waals surface area contributed by atoms with Crippen molar-refractivity contribution in [2.24, 2.45) is 5.73 Å². The molecule has 0 aliphatic heterocycles. The average molecular weight is 293 g/mol. The van der Waals surface area contributed by atoms with E-state index in [2.05, 4.69) is 24.3 Å². The van der Waals surface area contributed by atoms with Crippen molar-refractivity contribution in [3.05, 3.63) is 65.2 Å². The number of hydrogen-bond donors (Lipinski definition) is 1. The molecule has 0 fully saturated rings. The monoisotopic (exact) mass is 293 g/mol. The Balaban J connectivity index is 2.00. The highest BCUT2D eigenvalue weighted by Gasteiger charge is 2.29. The molecular formula is C17H15N3S. The molecular weight excluding hydrogens is 278 g/mol. The van der Waals surface area contributed by atoms with E-state index in [0.29, 0.717) is 10.7 Å². The number of nitrogens with zero attached hydrogens (tertiary/aromatic N) is 2. The summed E-state index contributed by atoms with van der Waals surface area (Å²) in [5.41, 5.74) is 10.2. The molecule has 0 bridgehead atoms. The van der Waals surface area contributed by atoms with E-state index in [1.54, 1.807) is 12.1 Å². The molecule has 1 atom stereocenters. The molecule has 0 aromatic heterocycles. The van der Waals surface area contributed by atoms with E-state index in [1.165, 1.54) is 11.1 Å². The lowest BCUT2D eigenvalue weighted by molar-refractivity contribution is 0.700. The third kappa shape index (κ3) is 2.48. The second kappa shape index (κ2) is 5.55. The van der Waals surface area contributed by atoms with Crippen LogP contribution >= 0.6 is 12.2 Å². The zero-order valence-corrected chi connectivity index (χ0v) is 12.3. The van der Waals surface area contributed by atoms with Crippen molar-refractivity contribution in [3.63, 3.8) is 0 Å². The Morgan fingerprint density at radius 1 is 1.19 bits per heavy atom. The lowest BCUT2D eigenvalue weighted by Gasteiger charge is -2.30. The van der Waals surface area contributed by atoms with Gasteiger partial charge in [-0.15, -0.1) is 0 Å². The first-order valence-electron chi connectivity index (χ1n) is 6.87. The van der Waals surface area contributed by atoms with Crippen LogP contribution in [0.15, 0.2) is 48.5 Å². The summed E-state index contributed by atoms with van der Waals surface area (Å²) in [6, 6.07) is 18.1. The van der Waals surface area contributed by atoms with Crippen molar-refractivity contribution in [1.82, 2.24) is 0 Å². The van der Waals surface area contributed by atoms with Crippen LogP contribution in [0.1, 0.15) is 29.2 Å². The van der Waals surface area contributed by atoms with Gasteiger partial charge in [0.05, 0.1) is 17.7 Å². The number of thiocarbonyl (C=S) groups is 1. The first kappa shape index (κ1) is 13.6. The minimum absolute atomic E-state index is 0.173. The van der Waals surface area contributed by atoms with Crippen LogP contribution in [0.4, 0.5) is 5.69 Å². The fraction of sp³-hybridized carbons (Fsp3) is 0.176. The lowest BCUT2D eigenvalue weighted by Crippen LogP contribution is -2.38. The second-order valence-electron chi connectivity index (χ2n) is 5.12. The molecule has 1 aliphatic rings. The predicted octanol–water partition coefficient (Wildman–Crippen LogP) is 3.30. The summed E-state index contributed by atoms with van der Waals surface area (Å²) in [5, 5.41) is 9.27. The second-order valence-corrected chi connectivity index (χ2v) is 5.54. The molecule has 104 valence electrons. The van der Waals surface area contributed by atoms with Crippen LogP contribution in [0.25, 0.3) is 0 Å². The summed E-state index contributed by atoms with van der Waals surface area (Å²) in [6.07, 6.45) is 2.03. The van der Waals surface area contributed by atoms with Crippen LogP contribution in [-0.2, 0) is 6.42 Å². The lowest BCUT2D eigenvalue weighted by atomic mass is 10.1. The third-order valence-electron chi connectivity index (χ3n) is 3.92. The van der Waals surface area contributed by atoms with Gasteiger partial charge < -0.3 is 10.6 Å². The average Bonchev–Trinajstić information content (AvgIpc) is 2.92. The largest absolute Gasteiger partial charge is 0.376 e. The number of nitriles is 1. The Labute approximate surface area is 129 Å². The smallest absolute Gasteiger partial charge is 0.171 e. The Kier molecular flexibility index (Phi) is 3.59. The van der Waals surface area contributed by atoms with E-state index >= 15 is 0 Å². The van der Waals surface area contributed by atoms with Gasteiger partial charge in [-0.2, -0.15) is 5.26 Å². The summed E-state index contributed by atoms with van der Waals surface area (Å²) in [5.74, 6) is 0. The minimum atomic E-state index is 0.173. The Morgan fingerprint density at radius 3 is 2.57 bits per heavy atom. The van der Waals surface area contributed by atoms with Crippen molar-refractivity contribution in [3.8, 4) is 6.07 Å². The van der Waals surface area contributed by atoms with Gasteiger partial charge in [0, 0.05) is 5.69 Å². The van der Waals surface area contributed by atoms with Gasteiger partial charge in [-0.3, -0.25) is 0 Å². The number of aryl methyl sites for hydroxylation is 1. The Morgan fingerprint density at radius 2 is 1.90 bits per heavy atom. The molecule has 0 amide bonds. The highest BCUT2D eigenvalue weighted by atomic mass is 32.1. The molecule has 0 heterocycles. The fourth-order valence-corrected chi connectivity index (χ4v) is 3.19. The van der Waals surface area contributed by atoms with Crippen molar-refractivity contribution in [1.29, 1.82) is 5.26 Å². The third-order valence-corrected chi connectivity index (χ3v) is 4.12. The van der Waals surface area contributed by atoms with Crippen molar-refractivity contribution < 1.29 is 0 Å². The van der Waals surface area contributed by atoms with E-state index < -0.39 is 0 Å². The van der Waals surface area contributed by atoms with E-state index in [-0.39, 0.29) is 6.04 Å². The van der Waals surface area contributed by atoms with E-state index in [9.17, 15) is 0 Å². The van der Waals surface area contributed by atoms with Crippen LogP contribution in [0.5, 0.6) is 0 Å². The first-order valence-corrected chi connectivity index (χ1v) is 7.28. The Hall–Kier alpha value is -2.38. The minimum Gasteiger partial charge on any atom is -0.376 e. The fourth-order valence-electron chi connectivity index (χ4n) is 2.96. The van der Waals surface area contributed by atoms with Gasteiger partial charge >= 0.3 is 0 Å². The normalized spacial score (nSPS) is 16.0. The summed E-state index contributed by atoms with van der Waals surface area (Å²) in [6.45, 7) is 0. The molecule has 0 radical (unpaired) electrons. The molecule has 3 rings (SSSR count). The van der Waals surface area contributed by atoms with Gasteiger partial charge in [-0.25, -0.2) is 0 Å². The van der Waals surface area contributed by atoms with Crippen LogP contribution < -0.4 is 10.6 Å². The van der Waals surface area contributed by atoms with Gasteiger partial charge in [0.1, 0.15) is 0 Å².